The van der Waals surface area contributed by atoms with Crippen LogP contribution >= 0.6 is 0 Å². The molecule has 0 radical (unpaired) electrons. The molecule has 0 aliphatic rings. The molecule has 2 atom stereocenters. The van der Waals surface area contributed by atoms with E-state index in [9.17, 15) is 0 Å². The number of methoxy groups -OCH3 is 1. The molecule has 1 aromatic heterocycles. The fourth-order valence-corrected chi connectivity index (χ4v) is 1.55. The average Bonchev–Trinajstić information content (AvgIpc) is 2.81. The van der Waals surface area contributed by atoms with Gasteiger partial charge >= 0.3 is 0 Å². The predicted octanol–water partition coefficient (Wildman–Crippen LogP) is 1.83. The molecule has 0 fully saturated rings. The maximum atomic E-state index is 5.68. The molecule has 0 aliphatic carbocycles. The highest BCUT2D eigenvalue weighted by atomic mass is 16.5. The van der Waals surface area contributed by atoms with Gasteiger partial charge in [-0.1, -0.05) is 35.5 Å². The van der Waals surface area contributed by atoms with Crippen molar-refractivity contribution in [2.75, 3.05) is 7.11 Å². The van der Waals surface area contributed by atoms with Crippen molar-refractivity contribution >= 4 is 0 Å². The number of ether oxygens (including phenoxy) is 1. The van der Waals surface area contributed by atoms with E-state index in [2.05, 4.69) is 10.1 Å². The largest absolute Gasteiger partial charge is 0.367 e. The Hall–Kier alpha value is -1.72. The maximum absolute atomic E-state index is 5.68. The molecule has 1 aromatic carbocycles. The first-order chi connectivity index (χ1) is 8.22. The molecule has 5 heteroatoms. The second-order valence-corrected chi connectivity index (χ2v) is 3.81. The molecule has 17 heavy (non-hydrogen) atoms. The standard InChI is InChI=1S/C12H15N3O2/c1-8(13)11-14-12(17-15-11)10(16-2)9-6-4-3-5-7-9/h3-8,10H,13H2,1-2H3. The van der Waals surface area contributed by atoms with Crippen LogP contribution in [0, 0.1) is 0 Å². The molecule has 2 N–H and O–H groups in total. The Morgan fingerprint density at radius 2 is 2.00 bits per heavy atom. The molecule has 0 spiro atoms. The highest BCUT2D eigenvalue weighted by Crippen LogP contribution is 2.24. The number of hydrogen-bond acceptors (Lipinski definition) is 5. The SMILES string of the molecule is COC(c1ccccc1)c1nc(C(C)N)no1. The molecule has 1 heterocycles. The van der Waals surface area contributed by atoms with Gasteiger partial charge in [0.1, 0.15) is 0 Å². The van der Waals surface area contributed by atoms with Gasteiger partial charge in [-0.3, -0.25) is 0 Å². The minimum absolute atomic E-state index is 0.249. The van der Waals surface area contributed by atoms with Gasteiger partial charge in [0.25, 0.3) is 5.89 Å². The van der Waals surface area contributed by atoms with Gasteiger partial charge in [-0.15, -0.1) is 0 Å². The Kier molecular flexibility index (Phi) is 3.51. The van der Waals surface area contributed by atoms with Crippen molar-refractivity contribution in [3.05, 3.63) is 47.6 Å². The van der Waals surface area contributed by atoms with Crippen molar-refractivity contribution < 1.29 is 9.26 Å². The summed E-state index contributed by atoms with van der Waals surface area (Å²) in [5.74, 6) is 0.906. The molecule has 90 valence electrons. The molecule has 0 saturated carbocycles. The van der Waals surface area contributed by atoms with E-state index in [0.29, 0.717) is 11.7 Å². The van der Waals surface area contributed by atoms with Crippen molar-refractivity contribution in [3.63, 3.8) is 0 Å². The van der Waals surface area contributed by atoms with Gasteiger partial charge in [0.2, 0.25) is 0 Å². The van der Waals surface area contributed by atoms with E-state index in [1.54, 1.807) is 14.0 Å². The third-order valence-electron chi connectivity index (χ3n) is 2.43. The Labute approximate surface area is 99.6 Å². The summed E-state index contributed by atoms with van der Waals surface area (Å²) < 4.78 is 10.5. The molecular weight excluding hydrogens is 218 g/mol. The lowest BCUT2D eigenvalue weighted by Gasteiger charge is -2.10. The van der Waals surface area contributed by atoms with E-state index in [4.69, 9.17) is 15.0 Å². The predicted molar refractivity (Wildman–Crippen MR) is 62.2 cm³/mol. The van der Waals surface area contributed by atoms with E-state index in [1.807, 2.05) is 30.3 Å². The molecule has 2 rings (SSSR count). The summed E-state index contributed by atoms with van der Waals surface area (Å²) in [5.41, 5.74) is 6.65. The van der Waals surface area contributed by atoms with Gasteiger partial charge < -0.3 is 15.0 Å². The van der Waals surface area contributed by atoms with E-state index < -0.39 is 0 Å². The summed E-state index contributed by atoms with van der Waals surface area (Å²) in [4.78, 5) is 4.23. The highest BCUT2D eigenvalue weighted by molar-refractivity contribution is 5.22. The van der Waals surface area contributed by atoms with Crippen LogP contribution in [-0.2, 0) is 4.74 Å². The van der Waals surface area contributed by atoms with Crippen LogP contribution in [0.1, 0.15) is 36.3 Å². The van der Waals surface area contributed by atoms with Crippen LogP contribution in [0.2, 0.25) is 0 Å². The van der Waals surface area contributed by atoms with Crippen LogP contribution < -0.4 is 5.73 Å². The molecule has 2 aromatic rings. The van der Waals surface area contributed by atoms with E-state index in [-0.39, 0.29) is 12.1 Å². The molecule has 0 bridgehead atoms. The van der Waals surface area contributed by atoms with Crippen molar-refractivity contribution in [1.82, 2.24) is 10.1 Å². The first kappa shape index (κ1) is 11.8. The van der Waals surface area contributed by atoms with Crippen LogP contribution in [-0.4, -0.2) is 17.3 Å². The third kappa shape index (κ3) is 2.51. The second kappa shape index (κ2) is 5.07. The Balaban J connectivity index is 2.29. The van der Waals surface area contributed by atoms with Gasteiger partial charge in [0, 0.05) is 7.11 Å². The van der Waals surface area contributed by atoms with Crippen molar-refractivity contribution in [1.29, 1.82) is 0 Å². The third-order valence-corrected chi connectivity index (χ3v) is 2.43. The average molecular weight is 233 g/mol. The van der Waals surface area contributed by atoms with Crippen LogP contribution in [0.4, 0.5) is 0 Å². The van der Waals surface area contributed by atoms with Crippen molar-refractivity contribution in [2.24, 2.45) is 5.73 Å². The number of nitrogens with two attached hydrogens (primary N) is 1. The number of rotatable bonds is 4. The highest BCUT2D eigenvalue weighted by Gasteiger charge is 2.21. The van der Waals surface area contributed by atoms with Crippen LogP contribution in [0.15, 0.2) is 34.9 Å². The van der Waals surface area contributed by atoms with Gasteiger partial charge in [0.15, 0.2) is 11.9 Å². The second-order valence-electron chi connectivity index (χ2n) is 3.81. The van der Waals surface area contributed by atoms with Gasteiger partial charge in [-0.25, -0.2) is 0 Å². The topological polar surface area (TPSA) is 74.2 Å². The summed E-state index contributed by atoms with van der Waals surface area (Å²) in [6.07, 6.45) is -0.351. The Bertz CT molecular complexity index is 468. The van der Waals surface area contributed by atoms with E-state index in [1.165, 1.54) is 0 Å². The fourth-order valence-electron chi connectivity index (χ4n) is 1.55. The number of aromatic nitrogens is 2. The maximum Gasteiger partial charge on any atom is 0.260 e. The fraction of sp³-hybridized carbons (Fsp3) is 0.333. The minimum Gasteiger partial charge on any atom is -0.367 e. The lowest BCUT2D eigenvalue weighted by atomic mass is 10.1. The first-order valence-corrected chi connectivity index (χ1v) is 5.39. The summed E-state index contributed by atoms with van der Waals surface area (Å²) in [6.45, 7) is 1.80. The van der Waals surface area contributed by atoms with Crippen molar-refractivity contribution in [3.8, 4) is 0 Å². The molecule has 0 amide bonds. The summed E-state index contributed by atoms with van der Waals surface area (Å²) in [6, 6.07) is 9.46. The quantitative estimate of drug-likeness (QED) is 0.871. The zero-order chi connectivity index (χ0) is 12.3. The summed E-state index contributed by atoms with van der Waals surface area (Å²) >= 11 is 0. The monoisotopic (exact) mass is 233 g/mol. The minimum atomic E-state index is -0.351. The van der Waals surface area contributed by atoms with Gasteiger partial charge in [-0.05, 0) is 12.5 Å². The number of benzene rings is 1. The molecule has 0 saturated heterocycles. The van der Waals surface area contributed by atoms with E-state index >= 15 is 0 Å². The smallest absolute Gasteiger partial charge is 0.260 e. The number of nitrogens with zero attached hydrogens (tertiary/aromatic N) is 2. The van der Waals surface area contributed by atoms with Crippen LogP contribution in [0.25, 0.3) is 0 Å². The Morgan fingerprint density at radius 3 is 2.53 bits per heavy atom. The zero-order valence-corrected chi connectivity index (χ0v) is 9.83. The summed E-state index contributed by atoms with van der Waals surface area (Å²) in [7, 11) is 1.60. The Morgan fingerprint density at radius 1 is 1.29 bits per heavy atom. The first-order valence-electron chi connectivity index (χ1n) is 5.39. The van der Waals surface area contributed by atoms with E-state index in [0.717, 1.165) is 5.56 Å². The zero-order valence-electron chi connectivity index (χ0n) is 9.83. The normalized spacial score (nSPS) is 14.5. The lowest BCUT2D eigenvalue weighted by molar-refractivity contribution is 0.105. The van der Waals surface area contributed by atoms with Crippen LogP contribution in [0.5, 0.6) is 0 Å². The summed E-state index contributed by atoms with van der Waals surface area (Å²) in [5, 5.41) is 3.82. The molecule has 5 nitrogen and oxygen atoms in total. The van der Waals surface area contributed by atoms with Gasteiger partial charge in [-0.2, -0.15) is 4.98 Å². The van der Waals surface area contributed by atoms with Crippen molar-refractivity contribution in [2.45, 2.75) is 19.1 Å². The molecule has 2 unspecified atom stereocenters. The molecule has 0 aliphatic heterocycles. The van der Waals surface area contributed by atoms with Gasteiger partial charge in [0.05, 0.1) is 6.04 Å². The lowest BCUT2D eigenvalue weighted by Crippen LogP contribution is -2.08. The molecular formula is C12H15N3O2. The number of hydrogen-bond donors (Lipinski definition) is 1. The van der Waals surface area contributed by atoms with Crippen LogP contribution in [0.3, 0.4) is 0 Å².